The average molecular weight is 387 g/mol. The molecule has 154 valence electrons. The highest BCUT2D eigenvalue weighted by molar-refractivity contribution is 5.85. The van der Waals surface area contributed by atoms with Crippen molar-refractivity contribution in [1.29, 1.82) is 0 Å². The number of amides is 1. The summed E-state index contributed by atoms with van der Waals surface area (Å²) in [6, 6.07) is 6.15. The minimum atomic E-state index is -0.146. The van der Waals surface area contributed by atoms with Gasteiger partial charge in [-0.2, -0.15) is 0 Å². The largest absolute Gasteiger partial charge is 0.493 e. The summed E-state index contributed by atoms with van der Waals surface area (Å²) in [6.45, 7) is 11.3. The van der Waals surface area contributed by atoms with Crippen molar-refractivity contribution in [3.8, 4) is 11.5 Å². The van der Waals surface area contributed by atoms with E-state index < -0.39 is 0 Å². The van der Waals surface area contributed by atoms with Gasteiger partial charge in [-0.05, 0) is 63.4 Å². The van der Waals surface area contributed by atoms with E-state index in [0.717, 1.165) is 63.5 Å². The van der Waals surface area contributed by atoms with Crippen LogP contribution in [0.5, 0.6) is 11.5 Å². The molecule has 0 radical (unpaired) electrons. The van der Waals surface area contributed by atoms with Crippen LogP contribution < -0.4 is 9.47 Å². The van der Waals surface area contributed by atoms with E-state index >= 15 is 0 Å². The molecule has 1 unspecified atom stereocenters. The predicted octanol–water partition coefficient (Wildman–Crippen LogP) is 3.87. The fourth-order valence-electron chi connectivity index (χ4n) is 4.33. The quantitative estimate of drug-likeness (QED) is 0.636. The zero-order valence-electron chi connectivity index (χ0n) is 17.8. The summed E-state index contributed by atoms with van der Waals surface area (Å²) in [4.78, 5) is 17.3. The summed E-state index contributed by atoms with van der Waals surface area (Å²) in [7, 11) is 1.68. The Hall–Kier alpha value is -2.01. The first kappa shape index (κ1) is 20.7. The normalized spacial score (nSPS) is 22.1. The summed E-state index contributed by atoms with van der Waals surface area (Å²) in [5.74, 6) is 1.90. The number of rotatable bonds is 8. The highest BCUT2D eigenvalue weighted by Gasteiger charge is 2.50. The van der Waals surface area contributed by atoms with Gasteiger partial charge in [0.15, 0.2) is 11.5 Å². The molecule has 2 aliphatic rings. The van der Waals surface area contributed by atoms with E-state index in [4.69, 9.17) is 9.47 Å². The molecule has 2 aliphatic heterocycles. The van der Waals surface area contributed by atoms with Crippen molar-refractivity contribution in [2.24, 2.45) is 5.41 Å². The van der Waals surface area contributed by atoms with Gasteiger partial charge in [0.1, 0.15) is 6.61 Å². The molecule has 0 aromatic heterocycles. The van der Waals surface area contributed by atoms with Crippen LogP contribution in [-0.2, 0) is 11.3 Å². The smallest absolute Gasteiger partial charge is 0.230 e. The highest BCUT2D eigenvalue weighted by atomic mass is 16.5. The second kappa shape index (κ2) is 8.99. The van der Waals surface area contributed by atoms with E-state index in [1.54, 1.807) is 7.11 Å². The third kappa shape index (κ3) is 4.52. The van der Waals surface area contributed by atoms with E-state index in [2.05, 4.69) is 48.8 Å². The maximum Gasteiger partial charge on any atom is 0.230 e. The molecule has 2 fully saturated rings. The monoisotopic (exact) mass is 386 g/mol. The van der Waals surface area contributed by atoms with Crippen LogP contribution >= 0.6 is 0 Å². The van der Waals surface area contributed by atoms with E-state index in [1.165, 1.54) is 11.1 Å². The number of nitrogens with zero attached hydrogens (tertiary/aromatic N) is 2. The van der Waals surface area contributed by atoms with Gasteiger partial charge < -0.3 is 14.4 Å². The van der Waals surface area contributed by atoms with Crippen LogP contribution in [0, 0.1) is 5.41 Å². The van der Waals surface area contributed by atoms with Crippen molar-refractivity contribution >= 4 is 5.91 Å². The van der Waals surface area contributed by atoms with Crippen LogP contribution in [-0.4, -0.2) is 55.6 Å². The Bertz CT molecular complexity index is 727. The fraction of sp³-hybridized carbons (Fsp3) is 0.609. The number of ether oxygens (including phenoxy) is 2. The minimum absolute atomic E-state index is 0.146. The molecule has 0 aliphatic carbocycles. The van der Waals surface area contributed by atoms with Gasteiger partial charge in [-0.15, -0.1) is 0 Å². The summed E-state index contributed by atoms with van der Waals surface area (Å²) >= 11 is 0. The number of methoxy groups -OCH3 is 1. The first-order chi connectivity index (χ1) is 13.5. The zero-order chi connectivity index (χ0) is 20.1. The van der Waals surface area contributed by atoms with Gasteiger partial charge >= 0.3 is 0 Å². The molecule has 0 bridgehead atoms. The van der Waals surface area contributed by atoms with Gasteiger partial charge in [-0.1, -0.05) is 18.6 Å². The molecule has 1 atom stereocenters. The first-order valence-electron chi connectivity index (χ1n) is 10.4. The van der Waals surface area contributed by atoms with Crippen LogP contribution in [0.15, 0.2) is 29.8 Å². The fourth-order valence-corrected chi connectivity index (χ4v) is 4.33. The van der Waals surface area contributed by atoms with Crippen molar-refractivity contribution in [1.82, 2.24) is 9.80 Å². The molecule has 1 amide bonds. The van der Waals surface area contributed by atoms with E-state index in [9.17, 15) is 4.79 Å². The Kier molecular flexibility index (Phi) is 6.65. The van der Waals surface area contributed by atoms with Gasteiger partial charge in [0.05, 0.1) is 12.5 Å². The maximum atomic E-state index is 12.9. The van der Waals surface area contributed by atoms with E-state index in [-0.39, 0.29) is 5.41 Å². The lowest BCUT2D eigenvalue weighted by Crippen LogP contribution is -2.37. The summed E-state index contributed by atoms with van der Waals surface area (Å²) in [5, 5.41) is 0. The van der Waals surface area contributed by atoms with Crippen LogP contribution in [0.1, 0.15) is 45.6 Å². The molecule has 2 heterocycles. The number of benzene rings is 1. The minimum Gasteiger partial charge on any atom is -0.493 e. The van der Waals surface area contributed by atoms with Gasteiger partial charge in [-0.25, -0.2) is 0 Å². The van der Waals surface area contributed by atoms with Gasteiger partial charge in [0.25, 0.3) is 0 Å². The van der Waals surface area contributed by atoms with E-state index in [1.807, 2.05) is 6.07 Å². The third-order valence-corrected chi connectivity index (χ3v) is 5.89. The number of carbonyl (C=O) groups is 1. The Labute approximate surface area is 169 Å². The Morgan fingerprint density at radius 1 is 1.21 bits per heavy atom. The van der Waals surface area contributed by atoms with Gasteiger partial charge in [0, 0.05) is 26.2 Å². The average Bonchev–Trinajstić information content (AvgIpc) is 3.21. The molecule has 0 saturated carbocycles. The molecule has 5 heteroatoms. The lowest BCUT2D eigenvalue weighted by atomic mass is 9.85. The Morgan fingerprint density at radius 2 is 2.00 bits per heavy atom. The van der Waals surface area contributed by atoms with Crippen molar-refractivity contribution in [3.63, 3.8) is 0 Å². The zero-order valence-corrected chi connectivity index (χ0v) is 17.8. The molecule has 3 rings (SSSR count). The Morgan fingerprint density at radius 3 is 2.71 bits per heavy atom. The topological polar surface area (TPSA) is 42.0 Å². The molecular formula is C23H34N2O3. The van der Waals surface area contributed by atoms with Crippen LogP contribution in [0.4, 0.5) is 0 Å². The summed E-state index contributed by atoms with van der Waals surface area (Å²) < 4.78 is 11.4. The summed E-state index contributed by atoms with van der Waals surface area (Å²) in [6.07, 6.45) is 5.07. The number of carbonyl (C=O) groups excluding carboxylic acids is 1. The second-order valence-corrected chi connectivity index (χ2v) is 8.36. The number of likely N-dealkylation sites (tertiary alicyclic amines) is 2. The van der Waals surface area contributed by atoms with Crippen molar-refractivity contribution in [2.75, 3.05) is 39.9 Å². The highest BCUT2D eigenvalue weighted by Crippen LogP contribution is 2.41. The molecule has 1 spiro atoms. The van der Waals surface area contributed by atoms with Crippen molar-refractivity contribution in [3.05, 3.63) is 35.4 Å². The number of hydrogen-bond donors (Lipinski definition) is 0. The predicted molar refractivity (Wildman–Crippen MR) is 112 cm³/mol. The van der Waals surface area contributed by atoms with Crippen LogP contribution in [0.25, 0.3) is 0 Å². The van der Waals surface area contributed by atoms with E-state index in [0.29, 0.717) is 12.5 Å². The van der Waals surface area contributed by atoms with Crippen molar-refractivity contribution < 1.29 is 14.3 Å². The lowest BCUT2D eigenvalue weighted by molar-refractivity contribution is -0.135. The van der Waals surface area contributed by atoms with Crippen LogP contribution in [0.3, 0.4) is 0 Å². The molecule has 2 saturated heterocycles. The Balaban J connectivity index is 1.62. The van der Waals surface area contributed by atoms with Crippen molar-refractivity contribution in [2.45, 2.75) is 46.6 Å². The summed E-state index contributed by atoms with van der Waals surface area (Å²) in [5.41, 5.74) is 2.28. The molecule has 0 N–H and O–H groups in total. The molecular weight excluding hydrogens is 352 g/mol. The van der Waals surface area contributed by atoms with Gasteiger partial charge in [-0.3, -0.25) is 9.69 Å². The standard InChI is InChI=1S/C23H34N2O3/c1-5-11-25-13-10-23(22(25)26)9-12-24(17-23)16-19-6-7-20(21(15-19)27-4)28-14-8-18(2)3/h6-8,15H,5,9-14,16-17H2,1-4H3. The first-order valence-corrected chi connectivity index (χ1v) is 10.4. The van der Waals surface area contributed by atoms with Crippen LogP contribution in [0.2, 0.25) is 0 Å². The van der Waals surface area contributed by atoms with Gasteiger partial charge in [0.2, 0.25) is 5.91 Å². The lowest BCUT2D eigenvalue weighted by Gasteiger charge is -2.23. The molecule has 5 nitrogen and oxygen atoms in total. The third-order valence-electron chi connectivity index (χ3n) is 5.89. The molecule has 28 heavy (non-hydrogen) atoms. The SMILES string of the molecule is CCCN1CCC2(CCN(Cc3ccc(OCC=C(C)C)c(OC)c3)C2)C1=O. The number of hydrogen-bond acceptors (Lipinski definition) is 4. The maximum absolute atomic E-state index is 12.9. The number of allylic oxidation sites excluding steroid dienone is 1. The molecule has 1 aromatic rings. The second-order valence-electron chi connectivity index (χ2n) is 8.36. The molecule has 1 aromatic carbocycles.